The van der Waals surface area contributed by atoms with E-state index in [-0.39, 0.29) is 12.1 Å². The first kappa shape index (κ1) is 32.3. The van der Waals surface area contributed by atoms with Crippen LogP contribution in [0.25, 0.3) is 11.1 Å². The van der Waals surface area contributed by atoms with E-state index in [2.05, 4.69) is 73.1 Å². The first-order chi connectivity index (χ1) is 18.3. The maximum absolute atomic E-state index is 11.8. The minimum Gasteiger partial charge on any atom is -0.491 e. The molecule has 0 bridgehead atoms. The summed E-state index contributed by atoms with van der Waals surface area (Å²) in [6.45, 7) is 7.13. The van der Waals surface area contributed by atoms with Crippen LogP contribution in [0.5, 0.6) is 5.75 Å². The van der Waals surface area contributed by atoms with Crippen molar-refractivity contribution in [2.45, 2.75) is 58.6 Å². The maximum Gasteiger partial charge on any atom is 0.212 e. The van der Waals surface area contributed by atoms with Gasteiger partial charge in [0, 0.05) is 37.4 Å². The number of carbonyl (C=O) groups excluding carboxylic acids is 1. The van der Waals surface area contributed by atoms with Crippen molar-refractivity contribution in [3.05, 3.63) is 78.9 Å². The fraction of sp³-hybridized carbons (Fsp3) is 0.375. The van der Waals surface area contributed by atoms with Gasteiger partial charge in [-0.2, -0.15) is 4.39 Å². The topological polar surface area (TPSA) is 68.4 Å². The van der Waals surface area contributed by atoms with Crippen LogP contribution in [0.2, 0.25) is 0 Å². The first-order valence-corrected chi connectivity index (χ1v) is 13.0. The molecular weight excluding hydrogens is 477 g/mol. The molecule has 3 aromatic rings. The van der Waals surface area contributed by atoms with Gasteiger partial charge < -0.3 is 20.2 Å². The molecule has 0 radical (unpaired) electrons. The summed E-state index contributed by atoms with van der Waals surface area (Å²) in [7, 11) is 2.10. The van der Waals surface area contributed by atoms with E-state index in [4.69, 9.17) is 10.5 Å². The average Bonchev–Trinajstić information content (AvgIpc) is 3.76. The number of hydrogen-bond donors (Lipinski definition) is 1. The van der Waals surface area contributed by atoms with E-state index in [1.165, 1.54) is 29.1 Å². The third-order valence-corrected chi connectivity index (χ3v) is 5.48. The van der Waals surface area contributed by atoms with Crippen LogP contribution in [0.15, 0.2) is 72.9 Å². The third-order valence-electron chi connectivity index (χ3n) is 5.48. The van der Waals surface area contributed by atoms with Gasteiger partial charge in [0.25, 0.3) is 0 Å². The van der Waals surface area contributed by atoms with E-state index in [0.717, 1.165) is 44.3 Å². The Labute approximate surface area is 228 Å². The molecule has 1 aromatic heterocycles. The zero-order chi connectivity index (χ0) is 28.3. The molecule has 0 spiro atoms. The number of hydrogen-bond acceptors (Lipinski definition) is 5. The minimum absolute atomic E-state index is 0.199. The summed E-state index contributed by atoms with van der Waals surface area (Å²) in [5.74, 6) is 0.938. The van der Waals surface area contributed by atoms with Gasteiger partial charge in [0.2, 0.25) is 5.95 Å². The zero-order valence-electron chi connectivity index (χ0n) is 23.1. The van der Waals surface area contributed by atoms with Gasteiger partial charge in [-0.15, -0.1) is 12.8 Å². The molecule has 0 amide bonds. The number of likely N-dealkylation sites (N-methyl/N-ethyl adjacent to an activating group) is 1. The van der Waals surface area contributed by atoms with Crippen molar-refractivity contribution in [2.24, 2.45) is 11.7 Å². The average molecular weight is 520 g/mol. The number of terminal acetylenes is 1. The van der Waals surface area contributed by atoms with Crippen LogP contribution < -0.4 is 15.4 Å². The van der Waals surface area contributed by atoms with E-state index in [9.17, 15) is 9.18 Å². The number of carbonyl (C=O) groups is 1. The molecule has 38 heavy (non-hydrogen) atoms. The molecule has 2 aromatic carbocycles. The largest absolute Gasteiger partial charge is 0.491 e. The lowest BCUT2D eigenvalue weighted by atomic mass is 10.0. The van der Waals surface area contributed by atoms with E-state index < -0.39 is 5.95 Å². The Morgan fingerprint density at radius 3 is 2.00 bits per heavy atom. The van der Waals surface area contributed by atoms with Crippen LogP contribution in [0.1, 0.15) is 46.5 Å². The van der Waals surface area contributed by atoms with Crippen LogP contribution >= 0.6 is 0 Å². The number of aromatic nitrogens is 1. The molecule has 204 valence electrons. The number of rotatable bonds is 9. The highest BCUT2D eigenvalue weighted by Crippen LogP contribution is 2.26. The van der Waals surface area contributed by atoms with Crippen LogP contribution in [-0.4, -0.2) is 37.0 Å². The first-order valence-electron chi connectivity index (χ1n) is 13.0. The van der Waals surface area contributed by atoms with E-state index in [1.807, 2.05) is 26.0 Å². The van der Waals surface area contributed by atoms with Gasteiger partial charge in [-0.05, 0) is 80.6 Å². The predicted octanol–water partition coefficient (Wildman–Crippen LogP) is 6.77. The molecule has 0 aliphatic heterocycles. The quantitative estimate of drug-likeness (QED) is 0.192. The predicted molar refractivity (Wildman–Crippen MR) is 157 cm³/mol. The van der Waals surface area contributed by atoms with Crippen LogP contribution in [0.4, 0.5) is 10.1 Å². The Bertz CT molecular complexity index is 1030. The maximum atomic E-state index is 11.8. The zero-order valence-corrected chi connectivity index (χ0v) is 23.1. The fourth-order valence-corrected chi connectivity index (χ4v) is 3.40. The second-order valence-corrected chi connectivity index (χ2v) is 9.29. The van der Waals surface area contributed by atoms with Gasteiger partial charge in [-0.1, -0.05) is 43.7 Å². The third kappa shape index (κ3) is 13.6. The molecule has 1 aliphatic carbocycles. The van der Waals surface area contributed by atoms with Crippen molar-refractivity contribution in [3.8, 4) is 29.7 Å². The molecule has 1 atom stereocenters. The summed E-state index contributed by atoms with van der Waals surface area (Å²) in [6, 6.07) is 21.7. The van der Waals surface area contributed by atoms with Gasteiger partial charge in [0.05, 0.1) is 6.10 Å². The number of aldehydes is 1. The number of benzene rings is 2. The number of ether oxygens (including phenoxy) is 1. The molecule has 5 nitrogen and oxygen atoms in total. The Hall–Kier alpha value is -3.69. The van der Waals surface area contributed by atoms with Gasteiger partial charge >= 0.3 is 0 Å². The summed E-state index contributed by atoms with van der Waals surface area (Å²) >= 11 is 0. The van der Waals surface area contributed by atoms with Crippen LogP contribution in [-0.2, 0) is 4.79 Å². The standard InChI is InChI=1S/C21H30N2O.C5H4FN.C4H6O.C2H2/c1-5-6-19(22)15-23(4)20-11-7-17(8-12-20)18-9-13-21(14-10-18)24-16(2)3;6-5-3-1-2-4-7-5;5-3-4-1-2-4;1-2/h7-14,16,19H,5-6,15,22H2,1-4H3;1-4H;3-4H,1-2H2;1-2H/t19-;;;/m0.../s1. The fourth-order valence-electron chi connectivity index (χ4n) is 3.40. The highest BCUT2D eigenvalue weighted by atomic mass is 19.1. The van der Waals surface area contributed by atoms with Gasteiger partial charge in [-0.3, -0.25) is 0 Å². The van der Waals surface area contributed by atoms with Crippen LogP contribution in [0.3, 0.4) is 0 Å². The highest BCUT2D eigenvalue weighted by Gasteiger charge is 2.19. The normalized spacial score (nSPS) is 12.3. The molecule has 4 rings (SSSR count). The SMILES string of the molecule is C#C.CCC[C@H](N)CN(C)c1ccc(-c2ccc(OC(C)C)cc2)cc1.Fc1ccccn1.O=CC1CC1. The number of nitrogens with zero attached hydrogens (tertiary/aromatic N) is 2. The Balaban J connectivity index is 0.000000416. The smallest absolute Gasteiger partial charge is 0.212 e. The molecule has 1 aliphatic rings. The summed E-state index contributed by atoms with van der Waals surface area (Å²) < 4.78 is 17.5. The van der Waals surface area contributed by atoms with E-state index in [0.29, 0.717) is 5.92 Å². The molecule has 1 heterocycles. The van der Waals surface area contributed by atoms with Crippen molar-refractivity contribution in [3.63, 3.8) is 0 Å². The molecule has 0 saturated heterocycles. The number of halogens is 1. The Morgan fingerprint density at radius 2 is 1.63 bits per heavy atom. The van der Waals surface area contributed by atoms with Crippen molar-refractivity contribution in [1.29, 1.82) is 0 Å². The molecule has 2 N–H and O–H groups in total. The summed E-state index contributed by atoms with van der Waals surface area (Å²) in [5.41, 5.74) is 9.74. The van der Waals surface area contributed by atoms with Crippen molar-refractivity contribution in [2.75, 3.05) is 18.5 Å². The van der Waals surface area contributed by atoms with Gasteiger partial charge in [0.15, 0.2) is 0 Å². The van der Waals surface area contributed by atoms with Crippen molar-refractivity contribution >= 4 is 12.0 Å². The molecule has 6 heteroatoms. The lowest BCUT2D eigenvalue weighted by molar-refractivity contribution is -0.108. The van der Waals surface area contributed by atoms with E-state index >= 15 is 0 Å². The summed E-state index contributed by atoms with van der Waals surface area (Å²) in [6.07, 6.45) is 15.1. The number of anilines is 1. The molecule has 1 saturated carbocycles. The number of pyridine rings is 1. The summed E-state index contributed by atoms with van der Waals surface area (Å²) in [4.78, 5) is 15.1. The van der Waals surface area contributed by atoms with Gasteiger partial charge in [-0.25, -0.2) is 4.98 Å². The summed E-state index contributed by atoms with van der Waals surface area (Å²) in [5, 5.41) is 0. The second-order valence-electron chi connectivity index (χ2n) is 9.29. The highest BCUT2D eigenvalue weighted by molar-refractivity contribution is 5.67. The monoisotopic (exact) mass is 519 g/mol. The minimum atomic E-state index is -0.428. The number of nitrogens with two attached hydrogens (primary N) is 1. The van der Waals surface area contributed by atoms with E-state index in [1.54, 1.807) is 12.1 Å². The Kier molecular flexibility index (Phi) is 15.8. The van der Waals surface area contributed by atoms with Crippen molar-refractivity contribution < 1.29 is 13.9 Å². The Morgan fingerprint density at radius 1 is 1.05 bits per heavy atom. The molecule has 1 fully saturated rings. The van der Waals surface area contributed by atoms with Gasteiger partial charge in [0.1, 0.15) is 12.0 Å². The lowest BCUT2D eigenvalue weighted by Crippen LogP contribution is -2.35. The molecule has 0 unspecified atom stereocenters. The lowest BCUT2D eigenvalue weighted by Gasteiger charge is -2.23. The van der Waals surface area contributed by atoms with Crippen molar-refractivity contribution in [1.82, 2.24) is 4.98 Å². The second kappa shape index (κ2) is 18.5. The van der Waals surface area contributed by atoms with Crippen LogP contribution in [0, 0.1) is 24.7 Å². The molecular formula is C32H42FN3O2.